The minimum absolute atomic E-state index is 0.0636. The number of aryl methyl sites for hydroxylation is 2. The van der Waals surface area contributed by atoms with Crippen LogP contribution in [0.5, 0.6) is 5.88 Å². The summed E-state index contributed by atoms with van der Waals surface area (Å²) in [5.74, 6) is 0.645. The first-order chi connectivity index (χ1) is 12.9. The largest absolute Gasteiger partial charge is 0.481 e. The second kappa shape index (κ2) is 7.95. The van der Waals surface area contributed by atoms with Crippen LogP contribution in [0.15, 0.2) is 36.7 Å². The van der Waals surface area contributed by atoms with E-state index in [0.717, 1.165) is 38.0 Å². The summed E-state index contributed by atoms with van der Waals surface area (Å²) in [5.41, 5.74) is 3.30. The van der Waals surface area contributed by atoms with Crippen LogP contribution >= 0.6 is 0 Å². The molecule has 5 nitrogen and oxygen atoms in total. The van der Waals surface area contributed by atoms with Crippen LogP contribution in [0.1, 0.15) is 43.5 Å². The van der Waals surface area contributed by atoms with Crippen molar-refractivity contribution in [2.75, 3.05) is 26.8 Å². The molecule has 5 heteroatoms. The Hall–Kier alpha value is -1.98. The first-order valence-electron chi connectivity index (χ1n) is 9.66. The highest BCUT2D eigenvalue weighted by Gasteiger charge is 2.43. The summed E-state index contributed by atoms with van der Waals surface area (Å²) in [5, 5.41) is 10.2. The summed E-state index contributed by atoms with van der Waals surface area (Å²) in [6.07, 6.45) is 6.65. The molecule has 0 bridgehead atoms. The van der Waals surface area contributed by atoms with E-state index in [0.29, 0.717) is 5.88 Å². The predicted molar refractivity (Wildman–Crippen MR) is 107 cm³/mol. The highest BCUT2D eigenvalue weighted by Crippen LogP contribution is 2.41. The van der Waals surface area contributed by atoms with Gasteiger partial charge < -0.3 is 9.84 Å². The fourth-order valence-corrected chi connectivity index (χ4v) is 3.96. The number of ether oxygens (including phenoxy) is 1. The number of hydrogen-bond acceptors (Lipinski definition) is 5. The van der Waals surface area contributed by atoms with Crippen LogP contribution < -0.4 is 4.74 Å². The smallest absolute Gasteiger partial charge is 0.213 e. The molecule has 1 aliphatic rings. The molecule has 2 aromatic heterocycles. The Kier molecular flexibility index (Phi) is 5.82. The summed E-state index contributed by atoms with van der Waals surface area (Å²) in [6, 6.07) is 8.26. The van der Waals surface area contributed by atoms with Gasteiger partial charge in [-0.05, 0) is 69.8 Å². The third-order valence-corrected chi connectivity index (χ3v) is 6.13. The number of hydrogen-bond donors (Lipinski definition) is 1. The van der Waals surface area contributed by atoms with Crippen molar-refractivity contribution in [2.24, 2.45) is 5.41 Å². The lowest BCUT2D eigenvalue weighted by atomic mass is 9.82. The van der Waals surface area contributed by atoms with E-state index in [1.165, 1.54) is 11.1 Å². The molecule has 146 valence electrons. The SMILES string of the molecule is COc1cc(CC[C@]2(CO)CCN(C(C)(C)c3ccc(C)nc3)C2)ccn1. The maximum Gasteiger partial charge on any atom is 0.213 e. The van der Waals surface area contributed by atoms with Crippen molar-refractivity contribution in [3.05, 3.63) is 53.5 Å². The van der Waals surface area contributed by atoms with Crippen molar-refractivity contribution in [2.45, 2.75) is 45.6 Å². The number of aliphatic hydroxyl groups is 1. The Morgan fingerprint density at radius 2 is 2.07 bits per heavy atom. The fourth-order valence-electron chi connectivity index (χ4n) is 3.96. The number of aromatic nitrogens is 2. The van der Waals surface area contributed by atoms with Crippen molar-refractivity contribution in [3.63, 3.8) is 0 Å². The van der Waals surface area contributed by atoms with Crippen LogP contribution in [0.2, 0.25) is 0 Å². The van der Waals surface area contributed by atoms with Crippen molar-refractivity contribution >= 4 is 0 Å². The molecule has 1 saturated heterocycles. The Balaban J connectivity index is 1.69. The van der Waals surface area contributed by atoms with Gasteiger partial charge in [0.2, 0.25) is 5.88 Å². The topological polar surface area (TPSA) is 58.5 Å². The van der Waals surface area contributed by atoms with Crippen LogP contribution in [0.3, 0.4) is 0 Å². The zero-order valence-corrected chi connectivity index (χ0v) is 16.9. The van der Waals surface area contributed by atoms with Crippen molar-refractivity contribution in [1.29, 1.82) is 0 Å². The predicted octanol–water partition coefficient (Wildman–Crippen LogP) is 3.35. The molecule has 2 aromatic rings. The number of nitrogens with zero attached hydrogens (tertiary/aromatic N) is 3. The fraction of sp³-hybridized carbons (Fsp3) is 0.545. The molecule has 27 heavy (non-hydrogen) atoms. The second-order valence-electron chi connectivity index (χ2n) is 8.28. The average Bonchev–Trinajstić information content (AvgIpc) is 3.13. The monoisotopic (exact) mass is 369 g/mol. The Morgan fingerprint density at radius 3 is 2.74 bits per heavy atom. The molecule has 0 radical (unpaired) electrons. The van der Waals surface area contributed by atoms with Gasteiger partial charge >= 0.3 is 0 Å². The molecule has 3 rings (SSSR count). The second-order valence-corrected chi connectivity index (χ2v) is 8.28. The Bertz CT molecular complexity index is 760. The van der Waals surface area contributed by atoms with Crippen LogP contribution in [0.25, 0.3) is 0 Å². The van der Waals surface area contributed by atoms with Gasteiger partial charge in [0.15, 0.2) is 0 Å². The molecule has 1 aliphatic heterocycles. The number of methoxy groups -OCH3 is 1. The van der Waals surface area contributed by atoms with Crippen LogP contribution in [-0.4, -0.2) is 46.8 Å². The van der Waals surface area contributed by atoms with Gasteiger partial charge in [0.05, 0.1) is 7.11 Å². The quantitative estimate of drug-likeness (QED) is 0.811. The van der Waals surface area contributed by atoms with E-state index < -0.39 is 0 Å². The normalized spacial score (nSPS) is 20.8. The highest BCUT2D eigenvalue weighted by molar-refractivity contribution is 5.23. The lowest BCUT2D eigenvalue weighted by molar-refractivity contribution is 0.0870. The molecule has 0 unspecified atom stereocenters. The van der Waals surface area contributed by atoms with Crippen molar-refractivity contribution < 1.29 is 9.84 Å². The summed E-state index contributed by atoms with van der Waals surface area (Å²) >= 11 is 0. The Labute approximate surface area is 162 Å². The van der Waals surface area contributed by atoms with Gasteiger partial charge in [0.1, 0.15) is 0 Å². The number of pyridine rings is 2. The molecule has 0 saturated carbocycles. The lowest BCUT2D eigenvalue weighted by Crippen LogP contribution is -2.42. The minimum atomic E-state index is -0.0997. The molecule has 3 heterocycles. The Morgan fingerprint density at radius 1 is 1.26 bits per heavy atom. The average molecular weight is 370 g/mol. The van der Waals surface area contributed by atoms with Crippen LogP contribution in [0, 0.1) is 12.3 Å². The van der Waals surface area contributed by atoms with E-state index in [1.54, 1.807) is 13.3 Å². The maximum atomic E-state index is 10.2. The zero-order chi connectivity index (χ0) is 19.5. The van der Waals surface area contributed by atoms with Gasteiger partial charge in [-0.2, -0.15) is 0 Å². The molecule has 1 fully saturated rings. The van der Waals surface area contributed by atoms with Crippen LogP contribution in [-0.2, 0) is 12.0 Å². The van der Waals surface area contributed by atoms with Gasteiger partial charge in [-0.15, -0.1) is 0 Å². The molecular weight excluding hydrogens is 338 g/mol. The molecule has 1 atom stereocenters. The minimum Gasteiger partial charge on any atom is -0.481 e. The molecule has 0 amide bonds. The summed E-state index contributed by atoms with van der Waals surface area (Å²) < 4.78 is 5.22. The van der Waals surface area contributed by atoms with Gasteiger partial charge in [0, 0.05) is 48.3 Å². The van der Waals surface area contributed by atoms with Gasteiger partial charge in [-0.1, -0.05) is 6.07 Å². The zero-order valence-electron chi connectivity index (χ0n) is 16.9. The van der Waals surface area contributed by atoms with Gasteiger partial charge in [0.25, 0.3) is 0 Å². The highest BCUT2D eigenvalue weighted by atomic mass is 16.5. The van der Waals surface area contributed by atoms with Gasteiger partial charge in [-0.25, -0.2) is 4.98 Å². The van der Waals surface area contributed by atoms with E-state index in [-0.39, 0.29) is 17.6 Å². The first kappa shape index (κ1) is 19.8. The molecule has 0 spiro atoms. The van der Waals surface area contributed by atoms with E-state index in [4.69, 9.17) is 4.74 Å². The van der Waals surface area contributed by atoms with E-state index in [2.05, 4.69) is 40.8 Å². The summed E-state index contributed by atoms with van der Waals surface area (Å²) in [7, 11) is 1.64. The molecular formula is C22H31N3O2. The molecule has 0 aliphatic carbocycles. The van der Waals surface area contributed by atoms with E-state index in [9.17, 15) is 5.11 Å². The first-order valence-corrected chi connectivity index (χ1v) is 9.66. The standard InChI is InChI=1S/C22H31N3O2/c1-17-5-6-19(14-24-17)21(2,3)25-12-10-22(15-25,16-26)9-7-18-8-11-23-20(13-18)27-4/h5-6,8,11,13-14,26H,7,9-10,12,15-16H2,1-4H3/t22-/m0/s1. The maximum absolute atomic E-state index is 10.2. The number of likely N-dealkylation sites (tertiary alicyclic amines) is 1. The number of aliphatic hydroxyl groups excluding tert-OH is 1. The third kappa shape index (κ3) is 4.30. The summed E-state index contributed by atoms with van der Waals surface area (Å²) in [6.45, 7) is 8.61. The van der Waals surface area contributed by atoms with Gasteiger partial charge in [-0.3, -0.25) is 9.88 Å². The van der Waals surface area contributed by atoms with E-state index in [1.807, 2.05) is 25.3 Å². The number of rotatable bonds is 7. The van der Waals surface area contributed by atoms with Crippen molar-refractivity contribution in [1.82, 2.24) is 14.9 Å². The lowest BCUT2D eigenvalue weighted by Gasteiger charge is -2.37. The van der Waals surface area contributed by atoms with Crippen LogP contribution in [0.4, 0.5) is 0 Å². The van der Waals surface area contributed by atoms with E-state index >= 15 is 0 Å². The molecule has 0 aromatic carbocycles. The third-order valence-electron chi connectivity index (χ3n) is 6.13. The summed E-state index contributed by atoms with van der Waals surface area (Å²) in [4.78, 5) is 11.1. The molecule has 1 N–H and O–H groups in total. The van der Waals surface area contributed by atoms with Crippen molar-refractivity contribution in [3.8, 4) is 5.88 Å².